The predicted molar refractivity (Wildman–Crippen MR) is 70.4 cm³/mol. The van der Waals surface area contributed by atoms with Crippen LogP contribution in [0.25, 0.3) is 0 Å². The minimum absolute atomic E-state index is 0.120. The summed E-state index contributed by atoms with van der Waals surface area (Å²) in [5, 5.41) is 18.2. The lowest BCUT2D eigenvalue weighted by Gasteiger charge is -2.35. The number of carbonyl (C=O) groups is 2. The molecule has 0 radical (unpaired) electrons. The molecular weight excluding hydrogens is 262 g/mol. The van der Waals surface area contributed by atoms with Crippen molar-refractivity contribution in [1.82, 2.24) is 10.9 Å². The first-order valence-electron chi connectivity index (χ1n) is 6.58. The number of carboxylic acid groups (broad SMARTS) is 1. The van der Waals surface area contributed by atoms with Crippen LogP contribution in [0.4, 0.5) is 4.79 Å². The van der Waals surface area contributed by atoms with Crippen LogP contribution in [0.5, 0.6) is 0 Å². The van der Waals surface area contributed by atoms with Crippen LogP contribution in [0, 0.1) is 17.2 Å². The average molecular weight is 283 g/mol. The third kappa shape index (κ3) is 4.38. The third-order valence-corrected chi connectivity index (χ3v) is 3.23. The Labute approximate surface area is 118 Å². The van der Waals surface area contributed by atoms with Crippen molar-refractivity contribution in [3.8, 4) is 6.07 Å². The molecule has 0 aliphatic heterocycles. The zero-order valence-electron chi connectivity index (χ0n) is 12.0. The molecule has 7 heteroatoms. The van der Waals surface area contributed by atoms with E-state index in [9.17, 15) is 14.7 Å². The standard InChI is InChI=1S/C13H21N3O4/c1-12(2,3)20-11(19)15-16-13(10(17)18)6-4-9(8-14)5-7-13/h9,16H,4-7H2,1-3H3,(H,15,19)(H,17,18). The summed E-state index contributed by atoms with van der Waals surface area (Å²) in [6.45, 7) is 5.16. The van der Waals surface area contributed by atoms with Gasteiger partial charge < -0.3 is 9.84 Å². The molecule has 0 spiro atoms. The van der Waals surface area contributed by atoms with Gasteiger partial charge in [-0.1, -0.05) is 0 Å². The molecule has 0 unspecified atom stereocenters. The van der Waals surface area contributed by atoms with E-state index >= 15 is 0 Å². The van der Waals surface area contributed by atoms with E-state index in [1.165, 1.54) is 0 Å². The molecule has 3 N–H and O–H groups in total. The summed E-state index contributed by atoms with van der Waals surface area (Å²) in [6.07, 6.45) is 0.838. The third-order valence-electron chi connectivity index (χ3n) is 3.23. The summed E-state index contributed by atoms with van der Waals surface area (Å²) in [7, 11) is 0. The van der Waals surface area contributed by atoms with Gasteiger partial charge in [-0.15, -0.1) is 0 Å². The van der Waals surface area contributed by atoms with Gasteiger partial charge in [-0.25, -0.2) is 10.2 Å². The van der Waals surface area contributed by atoms with Crippen LogP contribution in [0.2, 0.25) is 0 Å². The molecule has 20 heavy (non-hydrogen) atoms. The topological polar surface area (TPSA) is 111 Å². The monoisotopic (exact) mass is 283 g/mol. The summed E-state index contributed by atoms with van der Waals surface area (Å²) in [5.41, 5.74) is 2.97. The second-order valence-corrected chi connectivity index (χ2v) is 6.04. The first-order valence-corrected chi connectivity index (χ1v) is 6.58. The van der Waals surface area contributed by atoms with E-state index in [4.69, 9.17) is 10.00 Å². The Kier molecular flexibility index (Phi) is 4.95. The summed E-state index contributed by atoms with van der Waals surface area (Å²) < 4.78 is 5.04. The Morgan fingerprint density at radius 1 is 1.35 bits per heavy atom. The molecule has 112 valence electrons. The number of nitrogens with one attached hydrogen (secondary N) is 2. The van der Waals surface area contributed by atoms with Crippen molar-refractivity contribution in [2.75, 3.05) is 0 Å². The van der Waals surface area contributed by atoms with Crippen molar-refractivity contribution >= 4 is 12.1 Å². The fourth-order valence-electron chi connectivity index (χ4n) is 2.11. The maximum Gasteiger partial charge on any atom is 0.422 e. The first kappa shape index (κ1) is 16.2. The molecule has 1 aliphatic carbocycles. The maximum absolute atomic E-state index is 11.5. The lowest BCUT2D eigenvalue weighted by atomic mass is 9.77. The van der Waals surface area contributed by atoms with Gasteiger partial charge in [-0.05, 0) is 46.5 Å². The number of hydrogen-bond donors (Lipinski definition) is 3. The van der Waals surface area contributed by atoms with Crippen LogP contribution in [0.15, 0.2) is 0 Å². The average Bonchev–Trinajstić information content (AvgIpc) is 2.34. The van der Waals surface area contributed by atoms with Gasteiger partial charge in [-0.3, -0.25) is 10.2 Å². The Morgan fingerprint density at radius 2 is 1.90 bits per heavy atom. The Bertz CT molecular complexity index is 414. The molecule has 0 aromatic rings. The Balaban J connectivity index is 2.59. The van der Waals surface area contributed by atoms with Crippen LogP contribution in [-0.2, 0) is 9.53 Å². The van der Waals surface area contributed by atoms with Crippen LogP contribution < -0.4 is 10.9 Å². The SMILES string of the molecule is CC(C)(C)OC(=O)NNC1(C(=O)O)CCC(C#N)CC1. The smallest absolute Gasteiger partial charge is 0.422 e. The minimum atomic E-state index is -1.23. The first-order chi connectivity index (χ1) is 9.18. The molecule has 0 heterocycles. The van der Waals surface area contributed by atoms with Crippen LogP contribution in [0.1, 0.15) is 46.5 Å². The normalized spacial score (nSPS) is 26.4. The van der Waals surface area contributed by atoms with Gasteiger partial charge >= 0.3 is 12.1 Å². The zero-order valence-corrected chi connectivity index (χ0v) is 12.0. The highest BCUT2D eigenvalue weighted by molar-refractivity contribution is 5.79. The quantitative estimate of drug-likeness (QED) is 0.678. The van der Waals surface area contributed by atoms with Gasteiger partial charge in [0.05, 0.1) is 6.07 Å². The molecule has 0 saturated heterocycles. The van der Waals surface area contributed by atoms with Crippen molar-refractivity contribution < 1.29 is 19.4 Å². The van der Waals surface area contributed by atoms with Crippen molar-refractivity contribution in [1.29, 1.82) is 5.26 Å². The minimum Gasteiger partial charge on any atom is -0.480 e. The van der Waals surface area contributed by atoms with E-state index in [1.807, 2.05) is 0 Å². The summed E-state index contributed by atoms with van der Waals surface area (Å²) in [4.78, 5) is 23.0. The van der Waals surface area contributed by atoms with Gasteiger partial charge in [-0.2, -0.15) is 5.26 Å². The Hall–Kier alpha value is -1.81. The van der Waals surface area contributed by atoms with E-state index < -0.39 is 23.2 Å². The number of carboxylic acids is 1. The fourth-order valence-corrected chi connectivity index (χ4v) is 2.11. The highest BCUT2D eigenvalue weighted by Crippen LogP contribution is 2.31. The van der Waals surface area contributed by atoms with Crippen molar-refractivity contribution in [3.63, 3.8) is 0 Å². The number of hydrogen-bond acceptors (Lipinski definition) is 5. The zero-order chi connectivity index (χ0) is 15.4. The van der Waals surface area contributed by atoms with Crippen LogP contribution >= 0.6 is 0 Å². The number of nitriles is 1. The lowest BCUT2D eigenvalue weighted by Crippen LogP contribution is -2.60. The molecule has 0 bridgehead atoms. The molecule has 1 aliphatic rings. The van der Waals surface area contributed by atoms with Crippen molar-refractivity contribution in [2.45, 2.75) is 57.6 Å². The highest BCUT2D eigenvalue weighted by atomic mass is 16.6. The summed E-state index contributed by atoms with van der Waals surface area (Å²) in [5.74, 6) is -1.16. The highest BCUT2D eigenvalue weighted by Gasteiger charge is 2.42. The van der Waals surface area contributed by atoms with Crippen LogP contribution in [-0.4, -0.2) is 28.3 Å². The second-order valence-electron chi connectivity index (χ2n) is 6.04. The fraction of sp³-hybridized carbons (Fsp3) is 0.769. The molecule has 0 aromatic heterocycles. The van der Waals surface area contributed by atoms with E-state index in [-0.39, 0.29) is 18.8 Å². The molecule has 0 atom stereocenters. The lowest BCUT2D eigenvalue weighted by molar-refractivity contribution is -0.147. The molecular formula is C13H21N3O4. The van der Waals surface area contributed by atoms with Gasteiger partial charge in [0.1, 0.15) is 11.1 Å². The molecule has 1 saturated carbocycles. The maximum atomic E-state index is 11.5. The van der Waals surface area contributed by atoms with E-state index in [1.54, 1.807) is 20.8 Å². The molecule has 0 aromatic carbocycles. The largest absolute Gasteiger partial charge is 0.480 e. The molecule has 7 nitrogen and oxygen atoms in total. The van der Waals surface area contributed by atoms with E-state index in [0.717, 1.165) is 0 Å². The number of ether oxygens (including phenoxy) is 1. The number of carbonyl (C=O) groups excluding carboxylic acids is 1. The van der Waals surface area contributed by atoms with Crippen molar-refractivity contribution in [3.05, 3.63) is 0 Å². The summed E-state index contributed by atoms with van der Waals surface area (Å²) in [6, 6.07) is 2.14. The molecule has 1 rings (SSSR count). The Morgan fingerprint density at radius 3 is 2.30 bits per heavy atom. The number of amides is 1. The number of hydrazine groups is 1. The summed E-state index contributed by atoms with van der Waals surface area (Å²) >= 11 is 0. The van der Waals surface area contributed by atoms with Gasteiger partial charge in [0.25, 0.3) is 0 Å². The molecule has 1 amide bonds. The second kappa shape index (κ2) is 6.09. The number of nitrogens with zero attached hydrogens (tertiary/aromatic N) is 1. The predicted octanol–water partition coefficient (Wildman–Crippen LogP) is 1.55. The van der Waals surface area contributed by atoms with Crippen molar-refractivity contribution in [2.24, 2.45) is 5.92 Å². The van der Waals surface area contributed by atoms with Crippen LogP contribution in [0.3, 0.4) is 0 Å². The number of aliphatic carboxylic acids is 1. The van der Waals surface area contributed by atoms with E-state index in [0.29, 0.717) is 12.8 Å². The van der Waals surface area contributed by atoms with Gasteiger partial charge in [0.15, 0.2) is 0 Å². The van der Waals surface area contributed by atoms with Gasteiger partial charge in [0, 0.05) is 5.92 Å². The molecule has 1 fully saturated rings. The number of rotatable bonds is 3. The van der Waals surface area contributed by atoms with E-state index in [2.05, 4.69) is 16.9 Å². The van der Waals surface area contributed by atoms with Gasteiger partial charge in [0.2, 0.25) is 0 Å².